The van der Waals surface area contributed by atoms with Crippen molar-refractivity contribution in [3.05, 3.63) is 112 Å². The van der Waals surface area contributed by atoms with E-state index in [0.29, 0.717) is 22.4 Å². The third-order valence-electron chi connectivity index (χ3n) is 16.0. The van der Waals surface area contributed by atoms with E-state index in [0.717, 1.165) is 6.92 Å². The van der Waals surface area contributed by atoms with Crippen molar-refractivity contribution in [1.29, 1.82) is 0 Å². The molecule has 81 heavy (non-hydrogen) atoms. The molecule has 5 N–H and O–H groups in total. The van der Waals surface area contributed by atoms with Gasteiger partial charge in [0.15, 0.2) is 17.5 Å². The monoisotopic (exact) mass is 1160 g/mol. The highest BCUT2D eigenvalue weighted by Gasteiger charge is 2.78. The lowest BCUT2D eigenvalue weighted by Gasteiger charge is -2.67. The molecule has 12 atom stereocenters. The fraction of sp³-hybridized carbons (Fsp3) is 0.533. The quantitative estimate of drug-likeness (QED) is 0.0387. The summed E-state index contributed by atoms with van der Waals surface area (Å²) in [5, 5.41) is 29.3. The molecular weight excluding hydrogens is 1080 g/mol. The predicted molar refractivity (Wildman–Crippen MR) is 298 cm³/mol. The summed E-state index contributed by atoms with van der Waals surface area (Å²) in [7, 11) is 2.85. The molecule has 7 rings (SSSR count). The Bertz CT molecular complexity index is 2940. The highest BCUT2D eigenvalue weighted by molar-refractivity contribution is 8.77. The van der Waals surface area contributed by atoms with Crippen LogP contribution in [0.3, 0.4) is 0 Å². The minimum atomic E-state index is -2.50. The number of carbonyl (C=O) groups is 8. The molecule has 2 bridgehead atoms. The molecule has 2 amide bonds. The molecule has 3 fully saturated rings. The molecule has 21 heteroatoms. The number of ether oxygens (including phenoxy) is 7. The summed E-state index contributed by atoms with van der Waals surface area (Å²) < 4.78 is 43.2. The zero-order valence-electron chi connectivity index (χ0n) is 47.6. The SMILES string of the molecule is CCC(=O)O[C@H]1C(=O)[C@@]2(C)C([C@H](OC(=O)c3cccc(C)c3)[C@]3(O)C[C@H](OC(=O)[C@H](OC(=O)Cc4ccccc4SSC(C)CCC(N)=O)[C@@H](NC(=O)OC(C)(C)C)c4ccccc4)C(C)=C1C3(C)C)[C@]1(OC(C)=O)CO[C@@H]1C[C@@H]2O. The Labute approximate surface area is 479 Å². The van der Waals surface area contributed by atoms with Crippen molar-refractivity contribution in [2.45, 2.75) is 184 Å². The Balaban J connectivity index is 1.39. The minimum Gasteiger partial charge on any atom is -0.455 e. The third kappa shape index (κ3) is 13.0. The van der Waals surface area contributed by atoms with Crippen LogP contribution >= 0.6 is 21.6 Å². The van der Waals surface area contributed by atoms with E-state index in [9.17, 15) is 39.0 Å². The summed E-state index contributed by atoms with van der Waals surface area (Å²) in [4.78, 5) is 114. The number of aliphatic hydroxyl groups excluding tert-OH is 1. The van der Waals surface area contributed by atoms with Crippen LogP contribution < -0.4 is 11.1 Å². The number of rotatable bonds is 19. The van der Waals surface area contributed by atoms with E-state index in [2.05, 4.69) is 5.32 Å². The van der Waals surface area contributed by atoms with E-state index in [-0.39, 0.29) is 59.8 Å². The van der Waals surface area contributed by atoms with E-state index in [1.165, 1.54) is 48.4 Å². The number of aryl methyl sites for hydroxylation is 1. The van der Waals surface area contributed by atoms with Crippen LogP contribution in [0, 0.1) is 23.7 Å². The first-order valence-corrected chi connectivity index (χ1v) is 29.3. The Morgan fingerprint density at radius 2 is 1.59 bits per heavy atom. The van der Waals surface area contributed by atoms with Crippen molar-refractivity contribution in [2.24, 2.45) is 22.5 Å². The predicted octanol–water partition coefficient (Wildman–Crippen LogP) is 7.72. The topological polar surface area (TPSA) is 280 Å². The largest absolute Gasteiger partial charge is 0.455 e. The van der Waals surface area contributed by atoms with Crippen molar-refractivity contribution in [2.75, 3.05) is 6.61 Å². The molecule has 438 valence electrons. The van der Waals surface area contributed by atoms with Gasteiger partial charge in [-0.2, -0.15) is 0 Å². The second-order valence-corrected chi connectivity index (χ2v) is 25.8. The number of alkyl carbamates (subject to hydrolysis) is 1. The van der Waals surface area contributed by atoms with Gasteiger partial charge in [-0.1, -0.05) is 116 Å². The maximum absolute atomic E-state index is 16.0. The number of Topliss-reactive ketones (excluding diaryl/α,β-unsaturated/α-hetero) is 1. The molecule has 3 aromatic carbocycles. The average molecular weight is 1160 g/mol. The average Bonchev–Trinajstić information content (AvgIpc) is 3.39. The van der Waals surface area contributed by atoms with E-state index < -0.39 is 130 Å². The molecule has 1 heterocycles. The summed E-state index contributed by atoms with van der Waals surface area (Å²) in [6.45, 7) is 17.0. The molecule has 0 aromatic heterocycles. The molecule has 3 aromatic rings. The lowest BCUT2D eigenvalue weighted by Crippen LogP contribution is -2.82. The van der Waals surface area contributed by atoms with Gasteiger partial charge in [0.2, 0.25) is 12.0 Å². The fourth-order valence-corrected chi connectivity index (χ4v) is 14.2. The first-order chi connectivity index (χ1) is 38.0. The number of benzene rings is 3. The number of carbonyl (C=O) groups excluding carboxylic acids is 8. The zero-order valence-corrected chi connectivity index (χ0v) is 49.2. The summed E-state index contributed by atoms with van der Waals surface area (Å²) in [5.41, 5.74) is -2.28. The third-order valence-corrected chi connectivity index (χ3v) is 19.0. The second kappa shape index (κ2) is 24.7. The number of esters is 5. The molecular formula is C60H74N2O17S2. The van der Waals surface area contributed by atoms with E-state index in [4.69, 9.17) is 38.9 Å². The number of hydrogen-bond acceptors (Lipinski definition) is 19. The van der Waals surface area contributed by atoms with Gasteiger partial charge in [-0.05, 0) is 88.4 Å². The van der Waals surface area contributed by atoms with E-state index in [1.54, 1.807) is 114 Å². The number of nitrogens with two attached hydrogens (primary N) is 1. The minimum absolute atomic E-state index is 0.00253. The van der Waals surface area contributed by atoms with Crippen LogP contribution in [0.15, 0.2) is 94.9 Å². The Morgan fingerprint density at radius 3 is 2.21 bits per heavy atom. The zero-order chi connectivity index (χ0) is 59.6. The lowest BCUT2D eigenvalue weighted by atomic mass is 9.44. The Morgan fingerprint density at radius 1 is 0.914 bits per heavy atom. The van der Waals surface area contributed by atoms with Crippen LogP contribution in [-0.4, -0.2) is 123 Å². The number of hydrogen-bond donors (Lipinski definition) is 4. The van der Waals surface area contributed by atoms with Gasteiger partial charge in [0.1, 0.15) is 35.6 Å². The number of aliphatic hydroxyl groups is 2. The van der Waals surface area contributed by atoms with Gasteiger partial charge >= 0.3 is 35.9 Å². The highest BCUT2D eigenvalue weighted by atomic mass is 33.1. The fourth-order valence-electron chi connectivity index (χ4n) is 11.7. The summed E-state index contributed by atoms with van der Waals surface area (Å²) in [6.07, 6.45) is -11.9. The van der Waals surface area contributed by atoms with Crippen molar-refractivity contribution >= 4 is 69.2 Å². The van der Waals surface area contributed by atoms with Gasteiger partial charge < -0.3 is 54.4 Å². The van der Waals surface area contributed by atoms with Gasteiger partial charge in [-0.15, -0.1) is 0 Å². The second-order valence-electron chi connectivity index (χ2n) is 23.1. The molecule has 4 aliphatic rings. The van der Waals surface area contributed by atoms with Crippen LogP contribution in [0.25, 0.3) is 0 Å². The van der Waals surface area contributed by atoms with Crippen LogP contribution in [0.2, 0.25) is 0 Å². The maximum Gasteiger partial charge on any atom is 0.408 e. The maximum atomic E-state index is 16.0. The molecule has 3 aliphatic carbocycles. The van der Waals surface area contributed by atoms with Crippen molar-refractivity contribution < 1.29 is 81.7 Å². The number of fused-ring (bicyclic) bond motifs is 5. The highest BCUT2D eigenvalue weighted by Crippen LogP contribution is 2.64. The first-order valence-electron chi connectivity index (χ1n) is 27.1. The number of nitrogens with one attached hydrogen (secondary N) is 1. The van der Waals surface area contributed by atoms with Crippen LogP contribution in [0.1, 0.15) is 134 Å². The molecule has 0 spiro atoms. The molecule has 2 saturated carbocycles. The van der Waals surface area contributed by atoms with Gasteiger partial charge in [-0.25, -0.2) is 14.4 Å². The van der Waals surface area contributed by atoms with Crippen LogP contribution in [0.4, 0.5) is 4.79 Å². The molecule has 1 aliphatic heterocycles. The summed E-state index contributed by atoms with van der Waals surface area (Å²) in [6, 6.07) is 20.1. The number of primary amides is 1. The lowest BCUT2D eigenvalue weighted by molar-refractivity contribution is -0.346. The van der Waals surface area contributed by atoms with Gasteiger partial charge in [0.05, 0.1) is 36.0 Å². The Hall–Kier alpha value is -6.26. The first kappa shape index (κ1) is 62.3. The van der Waals surface area contributed by atoms with Gasteiger partial charge in [0.25, 0.3) is 0 Å². The molecule has 0 radical (unpaired) electrons. The van der Waals surface area contributed by atoms with Crippen LogP contribution in [-0.2, 0) is 68.3 Å². The number of ketones is 1. The van der Waals surface area contributed by atoms with Gasteiger partial charge in [-0.3, -0.25) is 24.0 Å². The molecule has 19 nitrogen and oxygen atoms in total. The summed E-state index contributed by atoms with van der Waals surface area (Å²) in [5.74, 6) is -7.73. The smallest absolute Gasteiger partial charge is 0.408 e. The summed E-state index contributed by atoms with van der Waals surface area (Å²) >= 11 is 0. The van der Waals surface area contributed by atoms with Crippen molar-refractivity contribution in [3.8, 4) is 0 Å². The van der Waals surface area contributed by atoms with Gasteiger partial charge in [0, 0.05) is 48.2 Å². The number of amides is 2. The molecule has 1 saturated heterocycles. The van der Waals surface area contributed by atoms with Crippen molar-refractivity contribution in [3.63, 3.8) is 0 Å². The van der Waals surface area contributed by atoms with E-state index >= 15 is 9.59 Å². The van der Waals surface area contributed by atoms with Crippen molar-refractivity contribution in [1.82, 2.24) is 5.32 Å². The van der Waals surface area contributed by atoms with E-state index in [1.807, 2.05) is 6.92 Å². The molecule has 2 unspecified atom stereocenters. The van der Waals surface area contributed by atoms with Crippen LogP contribution in [0.5, 0.6) is 0 Å². The standard InChI is InChI=1S/C60H74N2O17S2/c1-12-44(66)75-48-46-34(4)39(30-60(72,57(46,9)10)52(77-53(69)38-23-18-19-32(2)27-38)50-58(11,51(48)68)41(64)29-42-59(50,31-73-42)78-35(5)63)74-54(70)49(47(36-20-14-13-15-21-36)62-55(71)79-56(6,7)8)76-45(67)28-37-22-16-17-24-40(37)81-80-33(3)25-26-43(61)65/h13-24,27,33,39,41-42,47-50,52,64,72H,12,25-26,28-31H2,1-11H3,(H2,61,65)(H,62,71)/t33?,39-,41-,42+,47-,48+,49+,50?,52-,58+,59-,60+/m0/s1. The Kier molecular flexibility index (Phi) is 19.0. The normalized spacial score (nSPS) is 27.6.